The van der Waals surface area contributed by atoms with Gasteiger partial charge in [-0.1, -0.05) is 30.3 Å². The molecule has 0 unspecified atom stereocenters. The van der Waals surface area contributed by atoms with Crippen LogP contribution >= 0.6 is 22.6 Å². The summed E-state index contributed by atoms with van der Waals surface area (Å²) < 4.78 is 6.81. The zero-order valence-corrected chi connectivity index (χ0v) is 11.5. The summed E-state index contributed by atoms with van der Waals surface area (Å²) in [6, 6.07) is 17.7. The normalized spacial score (nSPS) is 10.5. The smallest absolute Gasteiger partial charge is 0.249 e. The van der Waals surface area contributed by atoms with Gasteiger partial charge in [0, 0.05) is 9.13 Å². The van der Waals surface area contributed by atoms with Crippen LogP contribution in [0.3, 0.4) is 0 Å². The second kappa shape index (κ2) is 4.89. The molecule has 0 saturated carbocycles. The highest BCUT2D eigenvalue weighted by atomic mass is 127. The Labute approximate surface area is 118 Å². The third-order valence-electron chi connectivity index (χ3n) is 2.55. The van der Waals surface area contributed by atoms with Crippen molar-refractivity contribution in [1.29, 1.82) is 0 Å². The Morgan fingerprint density at radius 3 is 2.22 bits per heavy atom. The maximum Gasteiger partial charge on any atom is 0.249 e. The van der Waals surface area contributed by atoms with E-state index in [1.54, 1.807) is 0 Å². The van der Waals surface area contributed by atoms with Crippen molar-refractivity contribution in [2.24, 2.45) is 0 Å². The van der Waals surface area contributed by atoms with Gasteiger partial charge in [0.05, 0.1) is 5.56 Å². The van der Waals surface area contributed by atoms with E-state index in [2.05, 4.69) is 32.8 Å². The van der Waals surface area contributed by atoms with Crippen molar-refractivity contribution in [1.82, 2.24) is 10.2 Å². The van der Waals surface area contributed by atoms with E-state index >= 15 is 0 Å². The molecule has 3 aromatic rings. The minimum atomic E-state index is 0.547. The minimum Gasteiger partial charge on any atom is -0.416 e. The summed E-state index contributed by atoms with van der Waals surface area (Å²) >= 11 is 2.26. The molecular weight excluding hydrogens is 339 g/mol. The van der Waals surface area contributed by atoms with Gasteiger partial charge in [0.2, 0.25) is 11.8 Å². The van der Waals surface area contributed by atoms with Crippen LogP contribution in [0.25, 0.3) is 22.9 Å². The zero-order chi connectivity index (χ0) is 12.4. The molecule has 0 aliphatic rings. The van der Waals surface area contributed by atoms with Gasteiger partial charge in [-0.25, -0.2) is 0 Å². The lowest BCUT2D eigenvalue weighted by Gasteiger charge is -1.97. The maximum atomic E-state index is 5.71. The highest BCUT2D eigenvalue weighted by Gasteiger charge is 2.11. The molecule has 0 aliphatic carbocycles. The van der Waals surface area contributed by atoms with E-state index in [4.69, 9.17) is 4.42 Å². The fourth-order valence-electron chi connectivity index (χ4n) is 1.66. The number of hydrogen-bond donors (Lipinski definition) is 0. The van der Waals surface area contributed by atoms with E-state index in [0.717, 1.165) is 14.7 Å². The van der Waals surface area contributed by atoms with Crippen LogP contribution in [0, 0.1) is 3.57 Å². The van der Waals surface area contributed by atoms with Crippen molar-refractivity contribution in [3.8, 4) is 22.9 Å². The van der Waals surface area contributed by atoms with Crippen LogP contribution in [0.1, 0.15) is 0 Å². The van der Waals surface area contributed by atoms with Gasteiger partial charge in [0.15, 0.2) is 0 Å². The van der Waals surface area contributed by atoms with Crippen molar-refractivity contribution in [3.05, 3.63) is 58.2 Å². The van der Waals surface area contributed by atoms with Gasteiger partial charge in [-0.2, -0.15) is 0 Å². The lowest BCUT2D eigenvalue weighted by atomic mass is 10.2. The quantitative estimate of drug-likeness (QED) is 0.657. The Balaban J connectivity index is 2.03. The summed E-state index contributed by atoms with van der Waals surface area (Å²) in [5.41, 5.74) is 1.90. The Bertz CT molecular complexity index is 664. The summed E-state index contributed by atoms with van der Waals surface area (Å²) in [7, 11) is 0. The average Bonchev–Trinajstić information content (AvgIpc) is 2.90. The standard InChI is InChI=1S/C14H9IN2O/c15-12-9-5-4-8-11(12)14-17-16-13(18-14)10-6-2-1-3-7-10/h1-9H. The molecule has 3 rings (SSSR count). The summed E-state index contributed by atoms with van der Waals surface area (Å²) in [6.07, 6.45) is 0. The van der Waals surface area contributed by atoms with Crippen LogP contribution in [0.2, 0.25) is 0 Å². The molecule has 0 spiro atoms. The SMILES string of the molecule is Ic1ccccc1-c1nnc(-c2ccccc2)o1. The highest BCUT2D eigenvalue weighted by Crippen LogP contribution is 2.26. The predicted octanol–water partition coefficient (Wildman–Crippen LogP) is 4.01. The Morgan fingerprint density at radius 1 is 0.778 bits per heavy atom. The first-order chi connectivity index (χ1) is 8.84. The molecule has 88 valence electrons. The van der Waals surface area contributed by atoms with Gasteiger partial charge in [-0.15, -0.1) is 10.2 Å². The van der Waals surface area contributed by atoms with Gasteiger partial charge >= 0.3 is 0 Å². The average molecular weight is 348 g/mol. The molecule has 2 aromatic carbocycles. The molecule has 0 N–H and O–H groups in total. The lowest BCUT2D eigenvalue weighted by Crippen LogP contribution is -1.81. The van der Waals surface area contributed by atoms with Gasteiger partial charge in [0.1, 0.15) is 0 Å². The maximum absolute atomic E-state index is 5.71. The number of nitrogens with zero attached hydrogens (tertiary/aromatic N) is 2. The number of aromatic nitrogens is 2. The van der Waals surface area contributed by atoms with E-state index < -0.39 is 0 Å². The van der Waals surface area contributed by atoms with Gasteiger partial charge < -0.3 is 4.42 Å². The third-order valence-corrected chi connectivity index (χ3v) is 3.49. The van der Waals surface area contributed by atoms with E-state index in [-0.39, 0.29) is 0 Å². The van der Waals surface area contributed by atoms with E-state index in [9.17, 15) is 0 Å². The Morgan fingerprint density at radius 2 is 1.44 bits per heavy atom. The van der Waals surface area contributed by atoms with Gasteiger partial charge in [0.25, 0.3) is 0 Å². The van der Waals surface area contributed by atoms with Crippen molar-refractivity contribution < 1.29 is 4.42 Å². The number of rotatable bonds is 2. The summed E-state index contributed by atoms with van der Waals surface area (Å²) in [5.74, 6) is 1.10. The molecule has 18 heavy (non-hydrogen) atoms. The molecule has 0 saturated heterocycles. The molecule has 3 nitrogen and oxygen atoms in total. The fourth-order valence-corrected chi connectivity index (χ4v) is 2.28. The molecule has 0 bridgehead atoms. The predicted molar refractivity (Wildman–Crippen MR) is 77.9 cm³/mol. The molecule has 0 amide bonds. The molecule has 1 aromatic heterocycles. The first-order valence-corrected chi connectivity index (χ1v) is 6.56. The molecule has 0 radical (unpaired) electrons. The van der Waals surface area contributed by atoms with Gasteiger partial charge in [-0.3, -0.25) is 0 Å². The van der Waals surface area contributed by atoms with Crippen LogP contribution in [-0.2, 0) is 0 Å². The van der Waals surface area contributed by atoms with Crippen LogP contribution in [0.15, 0.2) is 59.0 Å². The summed E-state index contributed by atoms with van der Waals surface area (Å²) in [5, 5.41) is 8.19. The lowest BCUT2D eigenvalue weighted by molar-refractivity contribution is 0.584. The topological polar surface area (TPSA) is 38.9 Å². The van der Waals surface area contributed by atoms with Crippen LogP contribution in [0.4, 0.5) is 0 Å². The summed E-state index contributed by atoms with van der Waals surface area (Å²) in [6.45, 7) is 0. The molecule has 1 heterocycles. The Hall–Kier alpha value is -1.69. The first-order valence-electron chi connectivity index (χ1n) is 5.48. The fraction of sp³-hybridized carbons (Fsp3) is 0. The van der Waals surface area contributed by atoms with E-state index in [0.29, 0.717) is 11.8 Å². The third kappa shape index (κ3) is 2.15. The molecule has 0 fully saturated rings. The van der Waals surface area contributed by atoms with Crippen molar-refractivity contribution >= 4 is 22.6 Å². The highest BCUT2D eigenvalue weighted by molar-refractivity contribution is 14.1. The van der Waals surface area contributed by atoms with E-state index in [1.807, 2.05) is 54.6 Å². The second-order valence-electron chi connectivity index (χ2n) is 3.76. The molecular formula is C14H9IN2O. The van der Waals surface area contributed by atoms with Crippen LogP contribution < -0.4 is 0 Å². The molecule has 4 heteroatoms. The Kier molecular flexibility index (Phi) is 3.10. The summed E-state index contributed by atoms with van der Waals surface area (Å²) in [4.78, 5) is 0. The van der Waals surface area contributed by atoms with Crippen molar-refractivity contribution in [2.45, 2.75) is 0 Å². The largest absolute Gasteiger partial charge is 0.416 e. The second-order valence-corrected chi connectivity index (χ2v) is 4.92. The van der Waals surface area contributed by atoms with Crippen molar-refractivity contribution in [2.75, 3.05) is 0 Å². The molecule has 0 atom stereocenters. The van der Waals surface area contributed by atoms with Crippen LogP contribution in [-0.4, -0.2) is 10.2 Å². The van der Waals surface area contributed by atoms with Crippen molar-refractivity contribution in [3.63, 3.8) is 0 Å². The van der Waals surface area contributed by atoms with Crippen LogP contribution in [0.5, 0.6) is 0 Å². The number of halogens is 1. The minimum absolute atomic E-state index is 0.547. The molecule has 0 aliphatic heterocycles. The number of benzene rings is 2. The van der Waals surface area contributed by atoms with Gasteiger partial charge in [-0.05, 0) is 46.9 Å². The monoisotopic (exact) mass is 348 g/mol. The van der Waals surface area contributed by atoms with E-state index in [1.165, 1.54) is 0 Å². The first kappa shape index (κ1) is 11.4. The zero-order valence-electron chi connectivity index (χ0n) is 9.38. The number of hydrogen-bond acceptors (Lipinski definition) is 3.